The van der Waals surface area contributed by atoms with Gasteiger partial charge in [-0.1, -0.05) is 63.6 Å². The third kappa shape index (κ3) is 8.57. The molecule has 0 aliphatic heterocycles. The highest BCUT2D eigenvalue weighted by atomic mass is 16.6. The van der Waals surface area contributed by atoms with E-state index < -0.39 is 23.8 Å². The van der Waals surface area contributed by atoms with Crippen LogP contribution in [-0.2, 0) is 14.3 Å². The number of nitrogens with one attached hydrogen (secondary N) is 2. The van der Waals surface area contributed by atoms with Gasteiger partial charge in [0, 0.05) is 11.7 Å². The van der Waals surface area contributed by atoms with Crippen LogP contribution in [-0.4, -0.2) is 40.5 Å². The average Bonchev–Trinajstić information content (AvgIpc) is 2.86. The summed E-state index contributed by atoms with van der Waals surface area (Å²) in [7, 11) is 0. The summed E-state index contributed by atoms with van der Waals surface area (Å²) in [6.07, 6.45) is 0.631. The molecule has 2 rings (SSSR count). The first kappa shape index (κ1) is 31.9. The molecule has 7 heteroatoms. The predicted molar refractivity (Wildman–Crippen MR) is 158 cm³/mol. The van der Waals surface area contributed by atoms with Crippen molar-refractivity contribution in [2.75, 3.05) is 5.32 Å². The molecular weight excluding hydrogens is 490 g/mol. The molecular formula is C32H47N3O4. The fourth-order valence-corrected chi connectivity index (χ4v) is 4.36. The molecule has 0 heterocycles. The van der Waals surface area contributed by atoms with Gasteiger partial charge in [0.2, 0.25) is 5.91 Å². The minimum absolute atomic E-state index is 0.184. The molecule has 7 nitrogen and oxygen atoms in total. The molecule has 2 aromatic carbocycles. The van der Waals surface area contributed by atoms with E-state index in [0.717, 1.165) is 22.3 Å². The smallest absolute Gasteiger partial charge is 0.408 e. The van der Waals surface area contributed by atoms with Gasteiger partial charge in [-0.3, -0.25) is 9.59 Å². The van der Waals surface area contributed by atoms with Crippen LogP contribution in [0, 0.1) is 26.7 Å². The highest BCUT2D eigenvalue weighted by Crippen LogP contribution is 2.30. The summed E-state index contributed by atoms with van der Waals surface area (Å²) in [5.41, 5.74) is 3.76. The largest absolute Gasteiger partial charge is 0.444 e. The van der Waals surface area contributed by atoms with Crippen molar-refractivity contribution in [3.8, 4) is 0 Å². The van der Waals surface area contributed by atoms with Crippen LogP contribution in [0.25, 0.3) is 0 Å². The molecule has 2 aromatic rings. The molecule has 0 aromatic heterocycles. The third-order valence-corrected chi connectivity index (χ3v) is 7.25. The summed E-state index contributed by atoms with van der Waals surface area (Å²) >= 11 is 0. The van der Waals surface area contributed by atoms with E-state index in [0.29, 0.717) is 18.5 Å². The van der Waals surface area contributed by atoms with Crippen LogP contribution in [0.2, 0.25) is 0 Å². The molecule has 3 amide bonds. The van der Waals surface area contributed by atoms with Gasteiger partial charge < -0.3 is 20.3 Å². The first-order chi connectivity index (χ1) is 18.2. The first-order valence-electron chi connectivity index (χ1n) is 13.9. The van der Waals surface area contributed by atoms with Gasteiger partial charge >= 0.3 is 6.09 Å². The van der Waals surface area contributed by atoms with E-state index in [9.17, 15) is 14.4 Å². The van der Waals surface area contributed by atoms with Crippen LogP contribution < -0.4 is 10.6 Å². The van der Waals surface area contributed by atoms with Crippen molar-refractivity contribution in [1.29, 1.82) is 0 Å². The molecule has 0 bridgehead atoms. The predicted octanol–water partition coefficient (Wildman–Crippen LogP) is 6.86. The van der Waals surface area contributed by atoms with Gasteiger partial charge in [-0.2, -0.15) is 0 Å². The Morgan fingerprint density at radius 1 is 0.897 bits per heavy atom. The van der Waals surface area contributed by atoms with Crippen molar-refractivity contribution >= 4 is 23.6 Å². The number of amides is 3. The molecule has 0 spiro atoms. The topological polar surface area (TPSA) is 87.7 Å². The summed E-state index contributed by atoms with van der Waals surface area (Å²) < 4.78 is 5.49. The zero-order valence-corrected chi connectivity index (χ0v) is 25.3. The zero-order valence-electron chi connectivity index (χ0n) is 25.3. The molecule has 39 heavy (non-hydrogen) atoms. The van der Waals surface area contributed by atoms with Crippen LogP contribution >= 0.6 is 0 Å². The van der Waals surface area contributed by atoms with E-state index in [2.05, 4.69) is 10.6 Å². The first-order valence-corrected chi connectivity index (χ1v) is 13.9. The SMILES string of the molecule is CCC(C)C(NC(=O)OC(C)(C)C)C(=O)N(C(C)CC)C(C(=O)Nc1ccccc1C)c1ccc(C)c(C)c1. The van der Waals surface area contributed by atoms with Gasteiger partial charge in [-0.25, -0.2) is 4.79 Å². The van der Waals surface area contributed by atoms with Crippen molar-refractivity contribution in [2.45, 2.75) is 106 Å². The monoisotopic (exact) mass is 537 g/mol. The molecule has 0 fully saturated rings. The number of carbonyl (C=O) groups excluding carboxylic acids is 3. The van der Waals surface area contributed by atoms with Crippen molar-refractivity contribution in [3.63, 3.8) is 0 Å². The fourth-order valence-electron chi connectivity index (χ4n) is 4.36. The number of rotatable bonds is 10. The minimum atomic E-state index is -0.904. The number of carbonyl (C=O) groups is 3. The van der Waals surface area contributed by atoms with Gasteiger partial charge in [-0.05, 0) is 89.1 Å². The van der Waals surface area contributed by atoms with Crippen LogP contribution in [0.3, 0.4) is 0 Å². The Morgan fingerprint density at radius 3 is 2.08 bits per heavy atom. The number of alkyl carbamates (subject to hydrolysis) is 1. The molecule has 0 saturated carbocycles. The standard InChI is InChI=1S/C32H47N3O4/c1-11-20(3)27(34-31(38)39-32(8,9)10)30(37)35(24(7)12-2)28(25-18-17-21(4)23(6)19-25)29(36)33-26-16-14-13-15-22(26)5/h13-20,24,27-28H,11-12H2,1-10H3,(H,33,36)(H,34,38). The Balaban J connectivity index is 2.63. The van der Waals surface area contributed by atoms with E-state index in [1.165, 1.54) is 0 Å². The lowest BCUT2D eigenvalue weighted by Gasteiger charge is -2.39. The maximum atomic E-state index is 14.4. The molecule has 0 radical (unpaired) electrons. The van der Waals surface area contributed by atoms with E-state index in [4.69, 9.17) is 4.74 Å². The lowest BCUT2D eigenvalue weighted by Crippen LogP contribution is -2.56. The molecule has 0 aliphatic carbocycles. The zero-order chi connectivity index (χ0) is 29.5. The summed E-state index contributed by atoms with van der Waals surface area (Å²) in [5, 5.41) is 5.89. The van der Waals surface area contributed by atoms with Gasteiger partial charge in [0.25, 0.3) is 5.91 Å². The quantitative estimate of drug-likeness (QED) is 0.347. The minimum Gasteiger partial charge on any atom is -0.444 e. The van der Waals surface area contributed by atoms with Gasteiger partial charge in [-0.15, -0.1) is 0 Å². The Labute approximate surface area is 234 Å². The molecule has 2 N–H and O–H groups in total. The number of benzene rings is 2. The summed E-state index contributed by atoms with van der Waals surface area (Å²) in [5.74, 6) is -0.800. The number of ether oxygens (including phenoxy) is 1. The maximum absolute atomic E-state index is 14.4. The van der Waals surface area contributed by atoms with E-state index in [-0.39, 0.29) is 23.8 Å². The van der Waals surface area contributed by atoms with Gasteiger partial charge in [0.05, 0.1) is 0 Å². The lowest BCUT2D eigenvalue weighted by molar-refractivity contribution is -0.144. The number of hydrogen-bond acceptors (Lipinski definition) is 4. The molecule has 214 valence electrons. The van der Waals surface area contributed by atoms with E-state index in [1.807, 2.05) is 90.9 Å². The molecule has 0 aliphatic rings. The average molecular weight is 538 g/mol. The highest BCUT2D eigenvalue weighted by Gasteiger charge is 2.40. The Morgan fingerprint density at radius 2 is 1.54 bits per heavy atom. The number of anilines is 1. The van der Waals surface area contributed by atoms with Crippen molar-refractivity contribution < 1.29 is 19.1 Å². The highest BCUT2D eigenvalue weighted by molar-refractivity contribution is 5.99. The lowest BCUT2D eigenvalue weighted by atomic mass is 9.93. The van der Waals surface area contributed by atoms with Gasteiger partial charge in [0.1, 0.15) is 17.7 Å². The van der Waals surface area contributed by atoms with Crippen molar-refractivity contribution in [2.24, 2.45) is 5.92 Å². The number of nitrogens with zero attached hydrogens (tertiary/aromatic N) is 1. The van der Waals surface area contributed by atoms with Crippen molar-refractivity contribution in [1.82, 2.24) is 10.2 Å². The molecule has 4 unspecified atom stereocenters. The second kappa shape index (κ2) is 13.6. The summed E-state index contributed by atoms with van der Waals surface area (Å²) in [6, 6.07) is 11.4. The van der Waals surface area contributed by atoms with Crippen molar-refractivity contribution in [3.05, 3.63) is 64.7 Å². The Hall–Kier alpha value is -3.35. The summed E-state index contributed by atoms with van der Waals surface area (Å²) in [4.78, 5) is 42.9. The van der Waals surface area contributed by atoms with E-state index in [1.54, 1.807) is 25.7 Å². The number of para-hydroxylation sites is 1. The Kier molecular flexibility index (Phi) is 11.1. The number of aryl methyl sites for hydroxylation is 3. The molecule has 0 saturated heterocycles. The van der Waals surface area contributed by atoms with Crippen LogP contribution in [0.1, 0.15) is 89.6 Å². The van der Waals surface area contributed by atoms with Gasteiger partial charge in [0.15, 0.2) is 0 Å². The number of hydrogen-bond donors (Lipinski definition) is 2. The van der Waals surface area contributed by atoms with E-state index >= 15 is 0 Å². The van der Waals surface area contributed by atoms with Crippen LogP contribution in [0.4, 0.5) is 10.5 Å². The van der Waals surface area contributed by atoms with Crippen LogP contribution in [0.5, 0.6) is 0 Å². The van der Waals surface area contributed by atoms with Crippen LogP contribution in [0.15, 0.2) is 42.5 Å². The second-order valence-electron chi connectivity index (χ2n) is 11.6. The second-order valence-corrected chi connectivity index (χ2v) is 11.6. The maximum Gasteiger partial charge on any atom is 0.408 e. The summed E-state index contributed by atoms with van der Waals surface area (Å²) in [6.45, 7) is 19.1. The normalized spacial score (nSPS) is 14.5. The molecule has 4 atom stereocenters. The Bertz CT molecular complexity index is 1150. The third-order valence-electron chi connectivity index (χ3n) is 7.25. The fraction of sp³-hybridized carbons (Fsp3) is 0.531.